The van der Waals surface area contributed by atoms with E-state index in [2.05, 4.69) is 10.3 Å². The molecule has 0 bridgehead atoms. The number of hydrogen-bond acceptors (Lipinski definition) is 5. The van der Waals surface area contributed by atoms with Crippen LogP contribution in [0.25, 0.3) is 0 Å². The van der Waals surface area contributed by atoms with Crippen LogP contribution in [0.1, 0.15) is 11.1 Å². The molecule has 0 unspecified atom stereocenters. The van der Waals surface area contributed by atoms with Crippen LogP contribution in [0, 0.1) is 34.1 Å². The van der Waals surface area contributed by atoms with Crippen LogP contribution in [0.5, 0.6) is 0 Å². The summed E-state index contributed by atoms with van der Waals surface area (Å²) in [5.41, 5.74) is 8.13. The molecule has 24 heavy (non-hydrogen) atoms. The van der Waals surface area contributed by atoms with E-state index in [9.17, 15) is 20.2 Å². The largest absolute Gasteiger partial charge is 0.369 e. The van der Waals surface area contributed by atoms with E-state index < -0.39 is 9.85 Å². The van der Waals surface area contributed by atoms with Gasteiger partial charge in [-0.05, 0) is 37.1 Å². The molecule has 2 rings (SSSR count). The van der Waals surface area contributed by atoms with Gasteiger partial charge in [0.2, 0.25) is 0 Å². The zero-order valence-corrected chi connectivity index (χ0v) is 13.0. The SMILES string of the molecule is Cc1cc([N+](=O)[O-])ccc1N=C(N)Nc1ccc([N+](=O)[O-])cc1C. The lowest BCUT2D eigenvalue weighted by Gasteiger charge is -2.09. The Morgan fingerprint density at radius 3 is 2.04 bits per heavy atom. The first kappa shape index (κ1) is 16.9. The average molecular weight is 329 g/mol. The molecule has 0 fully saturated rings. The van der Waals surface area contributed by atoms with Crippen LogP contribution in [-0.4, -0.2) is 15.8 Å². The third kappa shape index (κ3) is 3.83. The number of non-ortho nitro benzene ring substituents is 2. The summed E-state index contributed by atoms with van der Waals surface area (Å²) in [6.45, 7) is 3.40. The number of aryl methyl sites for hydroxylation is 2. The van der Waals surface area contributed by atoms with Gasteiger partial charge in [-0.3, -0.25) is 20.2 Å². The van der Waals surface area contributed by atoms with E-state index in [-0.39, 0.29) is 17.3 Å². The van der Waals surface area contributed by atoms with Gasteiger partial charge in [-0.1, -0.05) is 0 Å². The van der Waals surface area contributed by atoms with Crippen LogP contribution < -0.4 is 11.1 Å². The minimum Gasteiger partial charge on any atom is -0.369 e. The molecule has 0 atom stereocenters. The van der Waals surface area contributed by atoms with Gasteiger partial charge in [-0.15, -0.1) is 0 Å². The highest BCUT2D eigenvalue weighted by atomic mass is 16.6. The number of guanidine groups is 1. The van der Waals surface area contributed by atoms with Crippen molar-refractivity contribution in [2.45, 2.75) is 13.8 Å². The average Bonchev–Trinajstić information content (AvgIpc) is 2.50. The molecule has 3 N–H and O–H groups in total. The van der Waals surface area contributed by atoms with Crippen LogP contribution >= 0.6 is 0 Å². The Bertz CT molecular complexity index is 848. The van der Waals surface area contributed by atoms with Gasteiger partial charge >= 0.3 is 0 Å². The fraction of sp³-hybridized carbons (Fsp3) is 0.133. The molecule has 2 aromatic rings. The Balaban J connectivity index is 2.23. The third-order valence-electron chi connectivity index (χ3n) is 3.32. The molecule has 124 valence electrons. The van der Waals surface area contributed by atoms with E-state index in [1.54, 1.807) is 19.9 Å². The predicted molar refractivity (Wildman–Crippen MR) is 90.6 cm³/mol. The number of hydrogen-bond donors (Lipinski definition) is 2. The molecule has 0 heterocycles. The Labute approximate surface area is 137 Å². The van der Waals surface area contributed by atoms with Gasteiger partial charge in [0, 0.05) is 30.0 Å². The molecule has 0 amide bonds. The molecule has 0 radical (unpaired) electrons. The van der Waals surface area contributed by atoms with Crippen molar-refractivity contribution in [1.82, 2.24) is 0 Å². The van der Waals surface area contributed by atoms with Gasteiger partial charge in [0.25, 0.3) is 11.4 Å². The van der Waals surface area contributed by atoms with Gasteiger partial charge < -0.3 is 11.1 Å². The maximum absolute atomic E-state index is 10.7. The Hall–Kier alpha value is -3.49. The summed E-state index contributed by atoms with van der Waals surface area (Å²) in [5.74, 6) is 0.0731. The number of nitrogens with two attached hydrogens (primary N) is 1. The number of anilines is 1. The summed E-state index contributed by atoms with van der Waals surface area (Å²) in [4.78, 5) is 24.7. The van der Waals surface area contributed by atoms with Crippen LogP contribution in [0.4, 0.5) is 22.7 Å². The highest BCUT2D eigenvalue weighted by Gasteiger charge is 2.10. The maximum Gasteiger partial charge on any atom is 0.269 e. The van der Waals surface area contributed by atoms with Crippen LogP contribution in [-0.2, 0) is 0 Å². The van der Waals surface area contributed by atoms with E-state index in [1.165, 1.54) is 30.3 Å². The van der Waals surface area contributed by atoms with E-state index in [1.807, 2.05) is 0 Å². The van der Waals surface area contributed by atoms with Gasteiger partial charge in [-0.25, -0.2) is 4.99 Å². The van der Waals surface area contributed by atoms with Crippen molar-refractivity contribution >= 4 is 28.7 Å². The zero-order valence-electron chi connectivity index (χ0n) is 13.0. The molecule has 0 aliphatic rings. The Morgan fingerprint density at radius 1 is 1.00 bits per heavy atom. The molecular formula is C15H15N5O4. The second-order valence-corrected chi connectivity index (χ2v) is 5.11. The molecule has 0 spiro atoms. The van der Waals surface area contributed by atoms with Crippen molar-refractivity contribution in [2.24, 2.45) is 10.7 Å². The van der Waals surface area contributed by atoms with Gasteiger partial charge in [0.1, 0.15) is 0 Å². The lowest BCUT2D eigenvalue weighted by Crippen LogP contribution is -2.22. The second-order valence-electron chi connectivity index (χ2n) is 5.11. The normalized spacial score (nSPS) is 11.2. The first-order chi connectivity index (χ1) is 11.3. The number of rotatable bonds is 4. The number of nitro groups is 2. The third-order valence-corrected chi connectivity index (χ3v) is 3.32. The molecule has 0 aliphatic carbocycles. The minimum absolute atomic E-state index is 0.0141. The summed E-state index contributed by atoms with van der Waals surface area (Å²) < 4.78 is 0. The van der Waals surface area contributed by atoms with Gasteiger partial charge in [-0.2, -0.15) is 0 Å². The van der Waals surface area contributed by atoms with E-state index >= 15 is 0 Å². The molecule has 0 aliphatic heterocycles. The van der Waals surface area contributed by atoms with Crippen molar-refractivity contribution in [3.63, 3.8) is 0 Å². The summed E-state index contributed by atoms with van der Waals surface area (Å²) in [7, 11) is 0. The number of benzene rings is 2. The van der Waals surface area contributed by atoms with Crippen LogP contribution in [0.3, 0.4) is 0 Å². The Kier molecular flexibility index (Phi) is 4.73. The fourth-order valence-corrected chi connectivity index (χ4v) is 2.08. The summed E-state index contributed by atoms with van der Waals surface area (Å²) in [6, 6.07) is 8.58. The molecule has 0 aromatic heterocycles. The number of nitrogens with one attached hydrogen (secondary N) is 1. The lowest BCUT2D eigenvalue weighted by molar-refractivity contribution is -0.385. The zero-order chi connectivity index (χ0) is 17.9. The van der Waals surface area contributed by atoms with E-state index in [0.29, 0.717) is 22.5 Å². The van der Waals surface area contributed by atoms with Gasteiger partial charge in [0.05, 0.1) is 15.5 Å². The maximum atomic E-state index is 10.7. The van der Waals surface area contributed by atoms with Crippen molar-refractivity contribution in [3.05, 3.63) is 67.8 Å². The first-order valence-corrected chi connectivity index (χ1v) is 6.89. The van der Waals surface area contributed by atoms with Gasteiger partial charge in [0.15, 0.2) is 5.96 Å². The standard InChI is InChI=1S/C15H15N5O4/c1-9-7-11(19(21)22)3-5-13(9)17-15(16)18-14-6-4-12(20(23)24)8-10(14)2/h3-8H,1-2H3,(H3,16,17,18). The van der Waals surface area contributed by atoms with E-state index in [0.717, 1.165) is 0 Å². The van der Waals surface area contributed by atoms with E-state index in [4.69, 9.17) is 5.73 Å². The summed E-state index contributed by atoms with van der Waals surface area (Å²) in [6.07, 6.45) is 0. The molecule has 9 nitrogen and oxygen atoms in total. The Morgan fingerprint density at radius 2 is 1.54 bits per heavy atom. The lowest BCUT2D eigenvalue weighted by atomic mass is 10.2. The second kappa shape index (κ2) is 6.73. The summed E-state index contributed by atoms with van der Waals surface area (Å²) >= 11 is 0. The van der Waals surface area contributed by atoms with Crippen molar-refractivity contribution < 1.29 is 9.85 Å². The quantitative estimate of drug-likeness (QED) is 0.382. The number of nitrogens with zero attached hydrogens (tertiary/aromatic N) is 3. The van der Waals surface area contributed by atoms with Crippen molar-refractivity contribution in [2.75, 3.05) is 5.32 Å². The summed E-state index contributed by atoms with van der Waals surface area (Å²) in [5, 5.41) is 24.3. The molecular weight excluding hydrogens is 314 g/mol. The molecule has 9 heteroatoms. The fourth-order valence-electron chi connectivity index (χ4n) is 2.08. The smallest absolute Gasteiger partial charge is 0.269 e. The number of aliphatic imine (C=N–C) groups is 1. The molecule has 2 aromatic carbocycles. The van der Waals surface area contributed by atoms with Crippen LogP contribution in [0.2, 0.25) is 0 Å². The highest BCUT2D eigenvalue weighted by molar-refractivity contribution is 5.95. The minimum atomic E-state index is -0.484. The first-order valence-electron chi connectivity index (χ1n) is 6.89. The highest BCUT2D eigenvalue weighted by Crippen LogP contribution is 2.24. The van der Waals surface area contributed by atoms with Crippen molar-refractivity contribution in [3.8, 4) is 0 Å². The molecule has 0 saturated carbocycles. The predicted octanol–water partition coefficient (Wildman–Crippen LogP) is 3.18. The molecule has 0 saturated heterocycles. The van der Waals surface area contributed by atoms with Crippen LogP contribution in [0.15, 0.2) is 41.4 Å². The monoisotopic (exact) mass is 329 g/mol. The van der Waals surface area contributed by atoms with Crippen molar-refractivity contribution in [1.29, 1.82) is 0 Å². The topological polar surface area (TPSA) is 137 Å². The number of nitro benzene ring substituents is 2.